The van der Waals surface area contributed by atoms with Crippen molar-refractivity contribution in [1.82, 2.24) is 9.80 Å². The Morgan fingerprint density at radius 2 is 1.51 bits per heavy atom. The van der Waals surface area contributed by atoms with Crippen molar-refractivity contribution in [2.45, 2.75) is 19.9 Å². The molecule has 1 fully saturated rings. The van der Waals surface area contributed by atoms with Crippen molar-refractivity contribution in [3.8, 4) is 0 Å². The normalized spacial score (nSPS) is 13.6. The number of anilines is 1. The molecule has 190 valence electrons. The Bertz CT molecular complexity index is 1270. The minimum Gasteiger partial charge on any atom is -0.339 e. The van der Waals surface area contributed by atoms with Gasteiger partial charge in [0, 0.05) is 44.9 Å². The molecule has 0 N–H and O–H groups in total. The Labute approximate surface area is 216 Å². The molecule has 0 spiro atoms. The van der Waals surface area contributed by atoms with Crippen LogP contribution in [0.1, 0.15) is 23.6 Å². The number of carbonyl (C=O) groups is 3. The second-order valence-corrected chi connectivity index (χ2v) is 9.03. The first kappa shape index (κ1) is 25.8. The van der Waals surface area contributed by atoms with E-state index in [2.05, 4.69) is 0 Å². The number of amides is 3. The Balaban J connectivity index is 1.52. The Kier molecular flexibility index (Phi) is 8.46. The van der Waals surface area contributed by atoms with Crippen LogP contribution in [0.25, 0.3) is 6.08 Å². The fourth-order valence-electron chi connectivity index (χ4n) is 4.28. The van der Waals surface area contributed by atoms with Crippen molar-refractivity contribution >= 4 is 29.5 Å². The zero-order valence-corrected chi connectivity index (χ0v) is 20.8. The predicted molar refractivity (Wildman–Crippen MR) is 142 cm³/mol. The van der Waals surface area contributed by atoms with Gasteiger partial charge in [-0.25, -0.2) is 4.39 Å². The Hall–Kier alpha value is -4.26. The lowest BCUT2D eigenvalue weighted by Crippen LogP contribution is -2.50. The molecule has 0 atom stereocenters. The summed E-state index contributed by atoms with van der Waals surface area (Å²) in [6, 6.07) is 23.0. The van der Waals surface area contributed by atoms with Crippen LogP contribution >= 0.6 is 0 Å². The Morgan fingerprint density at radius 1 is 0.838 bits per heavy atom. The number of hydrogen-bond acceptors (Lipinski definition) is 3. The third kappa shape index (κ3) is 7.13. The molecule has 6 nitrogen and oxygen atoms in total. The summed E-state index contributed by atoms with van der Waals surface area (Å²) in [5.41, 5.74) is 3.13. The van der Waals surface area contributed by atoms with Crippen LogP contribution in [-0.4, -0.2) is 53.7 Å². The molecule has 7 heteroatoms. The van der Waals surface area contributed by atoms with Gasteiger partial charge in [-0.3, -0.25) is 14.4 Å². The summed E-state index contributed by atoms with van der Waals surface area (Å²) in [6.07, 6.45) is 3.48. The summed E-state index contributed by atoms with van der Waals surface area (Å²) in [4.78, 5) is 42.9. The van der Waals surface area contributed by atoms with Gasteiger partial charge < -0.3 is 14.7 Å². The maximum absolute atomic E-state index is 13.5. The average molecular weight is 500 g/mol. The largest absolute Gasteiger partial charge is 0.339 e. The number of rotatable bonds is 7. The summed E-state index contributed by atoms with van der Waals surface area (Å²) in [5.74, 6) is -0.556. The van der Waals surface area contributed by atoms with Crippen LogP contribution in [0.15, 0.2) is 84.9 Å². The SMILES string of the molecule is CC(=O)N1CCN(C(=O)Cc2cccc(N(Cc3ccc(F)cc3)C(=O)C=Cc3ccccc3)c2)CC1. The smallest absolute Gasteiger partial charge is 0.251 e. The van der Waals surface area contributed by atoms with Gasteiger partial charge in [0.15, 0.2) is 0 Å². The third-order valence-corrected chi connectivity index (χ3v) is 6.39. The average Bonchev–Trinajstić information content (AvgIpc) is 2.92. The lowest BCUT2D eigenvalue weighted by atomic mass is 10.1. The number of piperazine rings is 1. The highest BCUT2D eigenvalue weighted by molar-refractivity contribution is 6.03. The van der Waals surface area contributed by atoms with Crippen LogP contribution in [0.4, 0.5) is 10.1 Å². The standard InChI is InChI=1S/C30H30FN3O3/c1-23(35)32-16-18-33(19-17-32)30(37)21-26-8-5-9-28(20-26)34(22-25-10-13-27(31)14-11-25)29(36)15-12-24-6-3-2-4-7-24/h2-15,20H,16-19,21-22H2,1H3. The molecule has 0 aromatic heterocycles. The van der Waals surface area contributed by atoms with E-state index in [-0.39, 0.29) is 36.5 Å². The summed E-state index contributed by atoms with van der Waals surface area (Å²) < 4.78 is 13.5. The fourth-order valence-corrected chi connectivity index (χ4v) is 4.28. The van der Waals surface area contributed by atoms with E-state index in [9.17, 15) is 18.8 Å². The third-order valence-electron chi connectivity index (χ3n) is 6.39. The zero-order chi connectivity index (χ0) is 26.2. The van der Waals surface area contributed by atoms with Gasteiger partial charge in [-0.15, -0.1) is 0 Å². The summed E-state index contributed by atoms with van der Waals surface area (Å²) in [7, 11) is 0. The van der Waals surface area contributed by atoms with E-state index in [1.807, 2.05) is 54.6 Å². The lowest BCUT2D eigenvalue weighted by molar-refractivity contribution is -0.138. The van der Waals surface area contributed by atoms with Crippen LogP contribution in [0.3, 0.4) is 0 Å². The van der Waals surface area contributed by atoms with E-state index in [1.54, 1.807) is 32.9 Å². The maximum Gasteiger partial charge on any atom is 0.251 e. The number of hydrogen-bond donors (Lipinski definition) is 0. The van der Waals surface area contributed by atoms with Gasteiger partial charge in [0.05, 0.1) is 13.0 Å². The van der Waals surface area contributed by atoms with E-state index in [0.29, 0.717) is 31.9 Å². The van der Waals surface area contributed by atoms with Gasteiger partial charge >= 0.3 is 0 Å². The minimum absolute atomic E-state index is 0.0132. The topological polar surface area (TPSA) is 60.9 Å². The van der Waals surface area contributed by atoms with Gasteiger partial charge in [-0.2, -0.15) is 0 Å². The molecular weight excluding hydrogens is 469 g/mol. The van der Waals surface area contributed by atoms with E-state index < -0.39 is 0 Å². The first-order valence-corrected chi connectivity index (χ1v) is 12.3. The molecule has 1 aliphatic rings. The van der Waals surface area contributed by atoms with Crippen LogP contribution < -0.4 is 4.90 Å². The number of nitrogens with zero attached hydrogens (tertiary/aromatic N) is 3. The summed E-state index contributed by atoms with van der Waals surface area (Å²) >= 11 is 0. The van der Waals surface area contributed by atoms with Crippen molar-refractivity contribution in [3.63, 3.8) is 0 Å². The van der Waals surface area contributed by atoms with Crippen LogP contribution in [0.2, 0.25) is 0 Å². The molecule has 1 saturated heterocycles. The second kappa shape index (κ2) is 12.1. The van der Waals surface area contributed by atoms with Gasteiger partial charge in [-0.1, -0.05) is 54.6 Å². The van der Waals surface area contributed by atoms with Crippen LogP contribution in [-0.2, 0) is 27.3 Å². The van der Waals surface area contributed by atoms with Crippen molar-refractivity contribution in [2.24, 2.45) is 0 Å². The monoisotopic (exact) mass is 499 g/mol. The highest BCUT2D eigenvalue weighted by atomic mass is 19.1. The molecule has 0 bridgehead atoms. The lowest BCUT2D eigenvalue weighted by Gasteiger charge is -2.34. The maximum atomic E-state index is 13.5. The van der Waals surface area contributed by atoms with E-state index in [0.717, 1.165) is 16.7 Å². The predicted octanol–water partition coefficient (Wildman–Crippen LogP) is 4.31. The highest BCUT2D eigenvalue weighted by Crippen LogP contribution is 2.21. The van der Waals surface area contributed by atoms with Crippen molar-refractivity contribution in [3.05, 3.63) is 107 Å². The Morgan fingerprint density at radius 3 is 2.19 bits per heavy atom. The van der Waals surface area contributed by atoms with Crippen LogP contribution in [0, 0.1) is 5.82 Å². The highest BCUT2D eigenvalue weighted by Gasteiger charge is 2.23. The molecule has 1 heterocycles. The first-order chi connectivity index (χ1) is 17.9. The van der Waals surface area contributed by atoms with E-state index in [4.69, 9.17) is 0 Å². The molecule has 1 aliphatic heterocycles. The molecule has 4 rings (SSSR count). The van der Waals surface area contributed by atoms with Crippen molar-refractivity contribution in [2.75, 3.05) is 31.1 Å². The summed E-state index contributed by atoms with van der Waals surface area (Å²) in [6.45, 7) is 3.89. The molecule has 3 aromatic rings. The molecule has 0 radical (unpaired) electrons. The zero-order valence-electron chi connectivity index (χ0n) is 20.8. The molecule has 3 aromatic carbocycles. The van der Waals surface area contributed by atoms with Crippen LogP contribution in [0.5, 0.6) is 0 Å². The number of halogens is 1. The first-order valence-electron chi connectivity index (χ1n) is 12.3. The minimum atomic E-state index is -0.338. The van der Waals surface area contributed by atoms with Gasteiger partial charge in [0.25, 0.3) is 5.91 Å². The van der Waals surface area contributed by atoms with Crippen molar-refractivity contribution < 1.29 is 18.8 Å². The van der Waals surface area contributed by atoms with Gasteiger partial charge in [0.1, 0.15) is 5.82 Å². The van der Waals surface area contributed by atoms with E-state index in [1.165, 1.54) is 25.1 Å². The fraction of sp³-hybridized carbons (Fsp3) is 0.233. The molecular formula is C30H30FN3O3. The van der Waals surface area contributed by atoms with E-state index >= 15 is 0 Å². The summed E-state index contributed by atoms with van der Waals surface area (Å²) in [5, 5.41) is 0. The van der Waals surface area contributed by atoms with Gasteiger partial charge in [0.2, 0.25) is 11.8 Å². The number of carbonyl (C=O) groups excluding carboxylic acids is 3. The van der Waals surface area contributed by atoms with Gasteiger partial charge in [-0.05, 0) is 47.0 Å². The molecule has 3 amide bonds. The molecule has 0 unspecified atom stereocenters. The second-order valence-electron chi connectivity index (χ2n) is 9.03. The molecule has 0 saturated carbocycles. The molecule has 37 heavy (non-hydrogen) atoms. The quantitative estimate of drug-likeness (QED) is 0.456. The molecule has 0 aliphatic carbocycles. The number of benzene rings is 3. The van der Waals surface area contributed by atoms with Crippen molar-refractivity contribution in [1.29, 1.82) is 0 Å².